The Morgan fingerprint density at radius 3 is 2.14 bits per heavy atom. The topological polar surface area (TPSA) is 54.4 Å². The maximum atomic E-state index is 13.2. The van der Waals surface area contributed by atoms with Gasteiger partial charge >= 0.3 is 6.18 Å². The van der Waals surface area contributed by atoms with E-state index in [1.165, 1.54) is 12.1 Å². The number of aliphatic hydroxyl groups is 1. The van der Waals surface area contributed by atoms with Crippen LogP contribution in [0.1, 0.15) is 22.8 Å². The number of hydrogen-bond donors (Lipinski definition) is 1. The molecule has 2 aromatic carbocycles. The van der Waals surface area contributed by atoms with E-state index in [0.29, 0.717) is 11.6 Å². The lowest BCUT2D eigenvalue weighted by Gasteiger charge is -2.18. The van der Waals surface area contributed by atoms with E-state index in [2.05, 4.69) is 0 Å². The molecular formula is C15H13F3O3S. The van der Waals surface area contributed by atoms with Crippen LogP contribution in [0.25, 0.3) is 0 Å². The average molecular weight is 330 g/mol. The highest BCUT2D eigenvalue weighted by atomic mass is 32.2. The van der Waals surface area contributed by atoms with Crippen LogP contribution >= 0.6 is 0 Å². The van der Waals surface area contributed by atoms with E-state index in [9.17, 15) is 26.7 Å². The van der Waals surface area contributed by atoms with Crippen molar-refractivity contribution >= 4 is 9.84 Å². The zero-order valence-corrected chi connectivity index (χ0v) is 12.3. The summed E-state index contributed by atoms with van der Waals surface area (Å²) in [4.78, 5) is -0.441. The lowest BCUT2D eigenvalue weighted by molar-refractivity contribution is -0.139. The van der Waals surface area contributed by atoms with E-state index >= 15 is 0 Å². The van der Waals surface area contributed by atoms with Gasteiger partial charge in [0.25, 0.3) is 0 Å². The molecule has 0 saturated heterocycles. The third-order valence-corrected chi connectivity index (χ3v) is 4.28. The SMILES string of the molecule is CS(=O)(=O)c1ccc(C(O)c2ccccc2)c(C(F)(F)F)c1. The molecule has 0 bridgehead atoms. The summed E-state index contributed by atoms with van der Waals surface area (Å²) in [5.41, 5.74) is -1.25. The van der Waals surface area contributed by atoms with Crippen molar-refractivity contribution in [2.45, 2.75) is 17.2 Å². The average Bonchev–Trinajstić information content (AvgIpc) is 2.45. The highest BCUT2D eigenvalue weighted by Gasteiger charge is 2.36. The number of rotatable bonds is 3. The first-order valence-corrected chi connectivity index (χ1v) is 8.14. The minimum absolute atomic E-state index is 0.292. The van der Waals surface area contributed by atoms with Gasteiger partial charge in [0.2, 0.25) is 0 Å². The summed E-state index contributed by atoms with van der Waals surface area (Å²) in [6.07, 6.45) is -5.44. The molecule has 1 atom stereocenters. The Kier molecular flexibility index (Phi) is 4.30. The predicted molar refractivity (Wildman–Crippen MR) is 75.1 cm³/mol. The standard InChI is InChI=1S/C15H13F3O3S/c1-22(20,21)11-7-8-12(13(9-11)15(16,17)18)14(19)10-5-3-2-4-6-10/h2-9,14,19H,1H3. The van der Waals surface area contributed by atoms with Gasteiger partial charge < -0.3 is 5.11 Å². The summed E-state index contributed by atoms with van der Waals surface area (Å²) in [7, 11) is -3.77. The van der Waals surface area contributed by atoms with Crippen LogP contribution in [0.4, 0.5) is 13.2 Å². The number of hydrogen-bond acceptors (Lipinski definition) is 3. The molecule has 2 aromatic rings. The Morgan fingerprint density at radius 2 is 1.64 bits per heavy atom. The van der Waals surface area contributed by atoms with Gasteiger partial charge in [0, 0.05) is 6.26 Å². The lowest BCUT2D eigenvalue weighted by atomic mass is 9.96. The zero-order chi connectivity index (χ0) is 16.5. The van der Waals surface area contributed by atoms with Gasteiger partial charge in [0.15, 0.2) is 9.84 Å². The molecule has 22 heavy (non-hydrogen) atoms. The number of halogens is 3. The Morgan fingerprint density at radius 1 is 1.05 bits per heavy atom. The molecule has 0 aliphatic heterocycles. The largest absolute Gasteiger partial charge is 0.416 e. The molecule has 0 fully saturated rings. The fourth-order valence-electron chi connectivity index (χ4n) is 2.06. The van der Waals surface area contributed by atoms with Crippen LogP contribution in [0, 0.1) is 0 Å². The fraction of sp³-hybridized carbons (Fsp3) is 0.200. The van der Waals surface area contributed by atoms with Gasteiger partial charge in [-0.05, 0) is 23.3 Å². The van der Waals surface area contributed by atoms with Crippen LogP contribution in [0.2, 0.25) is 0 Å². The highest BCUT2D eigenvalue weighted by Crippen LogP contribution is 2.37. The molecule has 0 heterocycles. The molecule has 0 saturated carbocycles. The molecule has 1 unspecified atom stereocenters. The van der Waals surface area contributed by atoms with Crippen LogP contribution in [-0.2, 0) is 16.0 Å². The molecule has 3 nitrogen and oxygen atoms in total. The molecule has 0 aliphatic carbocycles. The Hall–Kier alpha value is -1.86. The van der Waals surface area contributed by atoms with Gasteiger partial charge in [0.05, 0.1) is 10.5 Å². The van der Waals surface area contributed by atoms with Gasteiger partial charge in [-0.25, -0.2) is 8.42 Å². The van der Waals surface area contributed by atoms with Crippen molar-refractivity contribution in [1.82, 2.24) is 0 Å². The molecule has 0 aliphatic rings. The smallest absolute Gasteiger partial charge is 0.384 e. The number of benzene rings is 2. The molecule has 0 aromatic heterocycles. The third kappa shape index (κ3) is 3.48. The van der Waals surface area contributed by atoms with Gasteiger partial charge in [-0.2, -0.15) is 13.2 Å². The highest BCUT2D eigenvalue weighted by molar-refractivity contribution is 7.90. The summed E-state index contributed by atoms with van der Waals surface area (Å²) in [6.45, 7) is 0. The molecule has 2 rings (SSSR count). The van der Waals surface area contributed by atoms with Gasteiger partial charge in [-0.1, -0.05) is 36.4 Å². The summed E-state index contributed by atoms with van der Waals surface area (Å²) in [5, 5.41) is 10.2. The van der Waals surface area contributed by atoms with Crippen molar-refractivity contribution in [3.63, 3.8) is 0 Å². The second-order valence-electron chi connectivity index (χ2n) is 4.83. The van der Waals surface area contributed by atoms with E-state index in [1.807, 2.05) is 0 Å². The van der Waals surface area contributed by atoms with Crippen LogP contribution in [-0.4, -0.2) is 19.8 Å². The lowest BCUT2D eigenvalue weighted by Crippen LogP contribution is -2.14. The second-order valence-corrected chi connectivity index (χ2v) is 6.85. The summed E-state index contributed by atoms with van der Waals surface area (Å²) >= 11 is 0. The van der Waals surface area contributed by atoms with E-state index in [0.717, 1.165) is 18.4 Å². The Balaban J connectivity index is 2.61. The first-order chi connectivity index (χ1) is 10.1. The van der Waals surface area contributed by atoms with Gasteiger partial charge in [-0.15, -0.1) is 0 Å². The number of sulfone groups is 1. The minimum atomic E-state index is -4.77. The van der Waals surface area contributed by atoms with Crippen LogP contribution in [0.5, 0.6) is 0 Å². The van der Waals surface area contributed by atoms with E-state index in [-0.39, 0.29) is 5.56 Å². The molecule has 118 valence electrons. The third-order valence-electron chi connectivity index (χ3n) is 3.17. The first-order valence-electron chi connectivity index (χ1n) is 6.25. The van der Waals surface area contributed by atoms with Crippen molar-refractivity contribution in [3.05, 3.63) is 65.2 Å². The van der Waals surface area contributed by atoms with E-state index < -0.39 is 32.6 Å². The number of alkyl halides is 3. The van der Waals surface area contributed by atoms with Crippen molar-refractivity contribution < 1.29 is 26.7 Å². The molecule has 0 spiro atoms. The summed E-state index contributed by atoms with van der Waals surface area (Å²) in [6, 6.07) is 10.5. The summed E-state index contributed by atoms with van der Waals surface area (Å²) < 4.78 is 62.4. The van der Waals surface area contributed by atoms with Crippen LogP contribution in [0.3, 0.4) is 0 Å². The molecular weight excluding hydrogens is 317 g/mol. The first kappa shape index (κ1) is 16.5. The van der Waals surface area contributed by atoms with Crippen molar-refractivity contribution in [1.29, 1.82) is 0 Å². The quantitative estimate of drug-likeness (QED) is 0.940. The van der Waals surface area contributed by atoms with E-state index in [1.54, 1.807) is 18.2 Å². The van der Waals surface area contributed by atoms with Crippen molar-refractivity contribution in [2.75, 3.05) is 6.26 Å². The maximum absolute atomic E-state index is 13.2. The molecule has 1 N–H and O–H groups in total. The van der Waals surface area contributed by atoms with Gasteiger partial charge in [-0.3, -0.25) is 0 Å². The van der Waals surface area contributed by atoms with E-state index in [4.69, 9.17) is 0 Å². The molecule has 0 amide bonds. The molecule has 0 radical (unpaired) electrons. The van der Waals surface area contributed by atoms with Gasteiger partial charge in [0.1, 0.15) is 6.10 Å². The summed E-state index contributed by atoms with van der Waals surface area (Å²) in [5.74, 6) is 0. The normalized spacial score (nSPS) is 13.9. The molecule has 7 heteroatoms. The monoisotopic (exact) mass is 330 g/mol. The van der Waals surface area contributed by atoms with Crippen molar-refractivity contribution in [3.8, 4) is 0 Å². The van der Waals surface area contributed by atoms with Crippen LogP contribution < -0.4 is 0 Å². The predicted octanol–water partition coefficient (Wildman–Crippen LogP) is 3.19. The zero-order valence-electron chi connectivity index (χ0n) is 11.5. The minimum Gasteiger partial charge on any atom is -0.384 e. The van der Waals surface area contributed by atoms with Crippen LogP contribution in [0.15, 0.2) is 53.4 Å². The second kappa shape index (κ2) is 5.73. The Bertz CT molecular complexity index is 768. The fourth-order valence-corrected chi connectivity index (χ4v) is 2.71. The maximum Gasteiger partial charge on any atom is 0.416 e. The Labute approximate surface area is 125 Å². The number of aliphatic hydroxyl groups excluding tert-OH is 1. The van der Waals surface area contributed by atoms with Crippen molar-refractivity contribution in [2.24, 2.45) is 0 Å².